The summed E-state index contributed by atoms with van der Waals surface area (Å²) in [5.41, 5.74) is 2.34. The molecule has 0 bridgehead atoms. The minimum absolute atomic E-state index is 0.110. The summed E-state index contributed by atoms with van der Waals surface area (Å²) in [5, 5.41) is 3.73. The van der Waals surface area contributed by atoms with Crippen LogP contribution in [-0.2, 0) is 16.6 Å². The zero-order valence-corrected chi connectivity index (χ0v) is 20.2. The van der Waals surface area contributed by atoms with Crippen molar-refractivity contribution >= 4 is 43.0 Å². The first-order valence-corrected chi connectivity index (χ1v) is 12.5. The van der Waals surface area contributed by atoms with Gasteiger partial charge in [-0.15, -0.1) is 11.3 Å². The van der Waals surface area contributed by atoms with Crippen molar-refractivity contribution in [2.24, 2.45) is 0 Å². The van der Waals surface area contributed by atoms with E-state index in [4.69, 9.17) is 4.74 Å². The molecule has 0 unspecified atom stereocenters. The van der Waals surface area contributed by atoms with Crippen LogP contribution < -0.4 is 14.4 Å². The molecular formula is C25H24N2O4S2. The van der Waals surface area contributed by atoms with Crippen LogP contribution in [-0.4, -0.2) is 28.5 Å². The third-order valence-electron chi connectivity index (χ3n) is 5.34. The van der Waals surface area contributed by atoms with Crippen molar-refractivity contribution in [3.8, 4) is 5.75 Å². The van der Waals surface area contributed by atoms with Crippen molar-refractivity contribution in [2.45, 2.75) is 18.4 Å². The monoisotopic (exact) mass is 480 g/mol. The van der Waals surface area contributed by atoms with Crippen LogP contribution in [0, 0.1) is 6.92 Å². The Morgan fingerprint density at radius 3 is 2.52 bits per heavy atom. The van der Waals surface area contributed by atoms with Gasteiger partial charge in [-0.2, -0.15) is 0 Å². The van der Waals surface area contributed by atoms with E-state index < -0.39 is 10.0 Å². The molecule has 0 saturated carbocycles. The largest absolute Gasteiger partial charge is 0.495 e. The maximum atomic E-state index is 13.3. The van der Waals surface area contributed by atoms with E-state index in [1.807, 2.05) is 43.3 Å². The zero-order valence-electron chi connectivity index (χ0n) is 18.5. The summed E-state index contributed by atoms with van der Waals surface area (Å²) in [6, 6.07) is 21.9. The lowest BCUT2D eigenvalue weighted by Crippen LogP contribution is -2.27. The molecule has 3 aromatic carbocycles. The normalized spacial score (nSPS) is 11.4. The predicted octanol–water partition coefficient (Wildman–Crippen LogP) is 4.97. The van der Waals surface area contributed by atoms with Crippen LogP contribution in [0.5, 0.6) is 5.75 Å². The third kappa shape index (κ3) is 4.72. The van der Waals surface area contributed by atoms with Gasteiger partial charge in [-0.25, -0.2) is 8.42 Å². The molecule has 6 nitrogen and oxygen atoms in total. The minimum Gasteiger partial charge on any atom is -0.495 e. The Morgan fingerprint density at radius 1 is 1.03 bits per heavy atom. The van der Waals surface area contributed by atoms with Crippen LogP contribution in [0.15, 0.2) is 77.7 Å². The lowest BCUT2D eigenvalue weighted by Gasteiger charge is -2.21. The fourth-order valence-electron chi connectivity index (χ4n) is 3.48. The van der Waals surface area contributed by atoms with Crippen LogP contribution in [0.4, 0.5) is 5.69 Å². The molecule has 1 N–H and O–H groups in total. The Morgan fingerprint density at radius 2 is 1.79 bits per heavy atom. The summed E-state index contributed by atoms with van der Waals surface area (Å²) in [7, 11) is -0.880. The molecule has 0 fully saturated rings. The highest BCUT2D eigenvalue weighted by atomic mass is 32.2. The van der Waals surface area contributed by atoms with Gasteiger partial charge in [0.15, 0.2) is 0 Å². The summed E-state index contributed by atoms with van der Waals surface area (Å²) >= 11 is 1.37. The van der Waals surface area contributed by atoms with Crippen molar-refractivity contribution in [1.29, 1.82) is 0 Å². The van der Waals surface area contributed by atoms with E-state index in [0.29, 0.717) is 22.9 Å². The van der Waals surface area contributed by atoms with Gasteiger partial charge in [-0.1, -0.05) is 36.4 Å². The van der Waals surface area contributed by atoms with Gasteiger partial charge in [-0.3, -0.25) is 9.10 Å². The summed E-state index contributed by atoms with van der Waals surface area (Å²) in [5.74, 6) is 0.133. The summed E-state index contributed by atoms with van der Waals surface area (Å²) in [6.45, 7) is 2.28. The van der Waals surface area contributed by atoms with Crippen molar-refractivity contribution in [3.63, 3.8) is 0 Å². The SMILES string of the molecule is COc1ccc(C)cc1S(=O)(=O)N(C)c1ccc2sc(C(=O)NCc3ccccc3)cc2c1. The average molecular weight is 481 g/mol. The molecule has 4 rings (SSSR count). The van der Waals surface area contributed by atoms with E-state index >= 15 is 0 Å². The van der Waals surface area contributed by atoms with Gasteiger partial charge in [0.2, 0.25) is 0 Å². The van der Waals surface area contributed by atoms with Crippen molar-refractivity contribution in [3.05, 3.63) is 88.8 Å². The Labute approximate surface area is 197 Å². The van der Waals surface area contributed by atoms with Gasteiger partial charge in [0.05, 0.1) is 17.7 Å². The van der Waals surface area contributed by atoms with Crippen LogP contribution in [0.2, 0.25) is 0 Å². The molecule has 0 spiro atoms. The maximum absolute atomic E-state index is 13.3. The Bertz CT molecular complexity index is 1410. The van der Waals surface area contributed by atoms with E-state index in [0.717, 1.165) is 21.2 Å². The molecular weight excluding hydrogens is 456 g/mol. The molecule has 0 aliphatic carbocycles. The molecule has 4 aromatic rings. The van der Waals surface area contributed by atoms with E-state index in [9.17, 15) is 13.2 Å². The number of carbonyl (C=O) groups is 1. The summed E-state index contributed by atoms with van der Waals surface area (Å²) in [6.07, 6.45) is 0. The van der Waals surface area contributed by atoms with Crippen molar-refractivity contribution in [2.75, 3.05) is 18.5 Å². The molecule has 170 valence electrons. The van der Waals surface area contributed by atoms with E-state index in [-0.39, 0.29) is 10.8 Å². The van der Waals surface area contributed by atoms with Crippen LogP contribution in [0.3, 0.4) is 0 Å². The number of carbonyl (C=O) groups excluding carboxylic acids is 1. The minimum atomic E-state index is -3.84. The number of anilines is 1. The Hall–Kier alpha value is -3.36. The number of thiophene rings is 1. The number of ether oxygens (including phenoxy) is 1. The number of hydrogen-bond acceptors (Lipinski definition) is 5. The first-order valence-electron chi connectivity index (χ1n) is 10.3. The highest BCUT2D eigenvalue weighted by molar-refractivity contribution is 7.93. The van der Waals surface area contributed by atoms with Gasteiger partial charge in [0, 0.05) is 18.3 Å². The fraction of sp³-hybridized carbons (Fsp3) is 0.160. The summed E-state index contributed by atoms with van der Waals surface area (Å²) < 4.78 is 34.1. The number of hydrogen-bond donors (Lipinski definition) is 1. The predicted molar refractivity (Wildman–Crippen MR) is 133 cm³/mol. The highest BCUT2D eigenvalue weighted by Gasteiger charge is 2.26. The molecule has 1 heterocycles. The quantitative estimate of drug-likeness (QED) is 0.405. The van der Waals surface area contributed by atoms with E-state index in [1.165, 1.54) is 29.8 Å². The van der Waals surface area contributed by atoms with Crippen LogP contribution >= 0.6 is 11.3 Å². The number of benzene rings is 3. The van der Waals surface area contributed by atoms with E-state index in [1.54, 1.807) is 36.4 Å². The number of sulfonamides is 1. The third-order valence-corrected chi connectivity index (χ3v) is 8.26. The molecule has 1 aromatic heterocycles. The number of methoxy groups -OCH3 is 1. The number of rotatable bonds is 7. The Balaban J connectivity index is 1.59. The van der Waals surface area contributed by atoms with Gasteiger partial charge >= 0.3 is 0 Å². The lowest BCUT2D eigenvalue weighted by molar-refractivity contribution is 0.0955. The number of nitrogens with one attached hydrogen (secondary N) is 1. The molecule has 0 atom stereocenters. The number of amides is 1. The lowest BCUT2D eigenvalue weighted by atomic mass is 10.2. The second kappa shape index (κ2) is 9.25. The fourth-order valence-corrected chi connectivity index (χ4v) is 5.86. The van der Waals surface area contributed by atoms with Gasteiger partial charge in [0.1, 0.15) is 10.6 Å². The second-order valence-electron chi connectivity index (χ2n) is 7.63. The number of nitrogens with zero attached hydrogens (tertiary/aromatic N) is 1. The molecule has 0 aliphatic rings. The number of fused-ring (bicyclic) bond motifs is 1. The molecule has 33 heavy (non-hydrogen) atoms. The molecule has 0 radical (unpaired) electrons. The smallest absolute Gasteiger partial charge is 0.267 e. The molecule has 1 amide bonds. The van der Waals surface area contributed by atoms with Gasteiger partial charge < -0.3 is 10.1 Å². The maximum Gasteiger partial charge on any atom is 0.267 e. The van der Waals surface area contributed by atoms with Crippen molar-refractivity contribution < 1.29 is 17.9 Å². The molecule has 8 heteroatoms. The first-order chi connectivity index (χ1) is 15.8. The average Bonchev–Trinajstić information content (AvgIpc) is 3.26. The first kappa shape index (κ1) is 22.8. The zero-order chi connectivity index (χ0) is 23.6. The molecule has 0 saturated heterocycles. The molecule has 0 aliphatic heterocycles. The second-order valence-corrected chi connectivity index (χ2v) is 10.6. The number of aryl methyl sites for hydroxylation is 1. The highest BCUT2D eigenvalue weighted by Crippen LogP contribution is 2.33. The van der Waals surface area contributed by atoms with Gasteiger partial charge in [-0.05, 0) is 59.8 Å². The van der Waals surface area contributed by atoms with Crippen LogP contribution in [0.1, 0.15) is 20.8 Å². The van der Waals surface area contributed by atoms with Crippen LogP contribution in [0.25, 0.3) is 10.1 Å². The van der Waals surface area contributed by atoms with Crippen molar-refractivity contribution in [1.82, 2.24) is 5.32 Å². The summed E-state index contributed by atoms with van der Waals surface area (Å²) in [4.78, 5) is 13.3. The standard InChI is InChI=1S/C25H24N2O4S2/c1-17-9-11-21(31-3)24(13-17)33(29,30)27(2)20-10-12-22-19(14-20)15-23(32-22)25(28)26-16-18-7-5-4-6-8-18/h4-15H,16H2,1-3H3,(H,26,28). The topological polar surface area (TPSA) is 75.7 Å². The van der Waals surface area contributed by atoms with E-state index in [2.05, 4.69) is 5.32 Å². The Kier molecular flexibility index (Phi) is 6.40. The van der Waals surface area contributed by atoms with Gasteiger partial charge in [0.25, 0.3) is 15.9 Å².